The number of esters is 2. The minimum absolute atomic E-state index is 0.0222. The standard InChI is InChI=1S/C45H84NO11P/c1-3-5-7-8-9-10-11-12-13-14-15-16-17-18-19-20-26-30-45(51)57-39(37-56-58(52,53)55-34-33-46)36-54-44(50)29-25-22-21-24-28-40-41(43(49)35-42(40)48)32-31-38(47)27-23-6-4-2/h12-13,31-32,38-43,47-49H,3-11,14-30,33-37,46H2,1-2H3,(H,52,53)/b13-12-,32-31+/t38-,39+,40+,41+,42-,43+/m0/s1. The van der Waals surface area contributed by atoms with E-state index in [4.69, 9.17) is 24.3 Å². The van der Waals surface area contributed by atoms with Crippen molar-refractivity contribution in [2.24, 2.45) is 17.6 Å². The van der Waals surface area contributed by atoms with Gasteiger partial charge in [-0.3, -0.25) is 18.6 Å². The van der Waals surface area contributed by atoms with Gasteiger partial charge in [-0.15, -0.1) is 0 Å². The number of hydrogen-bond donors (Lipinski definition) is 5. The molecule has 0 bridgehead atoms. The molecule has 0 spiro atoms. The fraction of sp³-hybridized carbons (Fsp3) is 0.867. The summed E-state index contributed by atoms with van der Waals surface area (Å²) in [4.78, 5) is 35.1. The second kappa shape index (κ2) is 36.1. The maximum atomic E-state index is 12.6. The second-order valence-electron chi connectivity index (χ2n) is 16.2. The molecule has 0 aliphatic heterocycles. The van der Waals surface area contributed by atoms with Gasteiger partial charge in [-0.2, -0.15) is 0 Å². The fourth-order valence-electron chi connectivity index (χ4n) is 7.43. The smallest absolute Gasteiger partial charge is 0.462 e. The van der Waals surface area contributed by atoms with Crippen LogP contribution in [0.4, 0.5) is 0 Å². The zero-order valence-electron chi connectivity index (χ0n) is 36.4. The molecule has 1 rings (SSSR count). The lowest BCUT2D eigenvalue weighted by Crippen LogP contribution is -2.29. The molecule has 12 nitrogen and oxygen atoms in total. The third-order valence-electron chi connectivity index (χ3n) is 10.9. The van der Waals surface area contributed by atoms with Gasteiger partial charge in [-0.1, -0.05) is 141 Å². The quantitative estimate of drug-likeness (QED) is 0.0170. The third-order valence-corrected chi connectivity index (χ3v) is 11.9. The predicted molar refractivity (Wildman–Crippen MR) is 231 cm³/mol. The summed E-state index contributed by atoms with van der Waals surface area (Å²) in [6.45, 7) is 3.40. The van der Waals surface area contributed by atoms with E-state index in [0.29, 0.717) is 25.7 Å². The van der Waals surface area contributed by atoms with Crippen molar-refractivity contribution < 1.29 is 52.9 Å². The first-order valence-electron chi connectivity index (χ1n) is 23.1. The number of allylic oxidation sites excluding steroid dienone is 2. The summed E-state index contributed by atoms with van der Waals surface area (Å²) in [7, 11) is -4.43. The van der Waals surface area contributed by atoms with Crippen LogP contribution in [0.5, 0.6) is 0 Å². The van der Waals surface area contributed by atoms with Gasteiger partial charge in [0.15, 0.2) is 6.10 Å². The molecule has 0 heterocycles. The molecule has 0 aromatic heterocycles. The largest absolute Gasteiger partial charge is 0.472 e. The highest BCUT2D eigenvalue weighted by atomic mass is 31.2. The van der Waals surface area contributed by atoms with Crippen LogP contribution in [-0.4, -0.2) is 82.9 Å². The van der Waals surface area contributed by atoms with Crippen LogP contribution in [0.25, 0.3) is 0 Å². The van der Waals surface area contributed by atoms with E-state index in [1.807, 2.05) is 6.08 Å². The van der Waals surface area contributed by atoms with E-state index in [1.54, 1.807) is 6.08 Å². The number of aliphatic hydroxyl groups is 3. The lowest BCUT2D eigenvalue weighted by atomic mass is 9.88. The van der Waals surface area contributed by atoms with Crippen molar-refractivity contribution >= 4 is 19.8 Å². The summed E-state index contributed by atoms with van der Waals surface area (Å²) in [6, 6.07) is 0. The highest BCUT2D eigenvalue weighted by Crippen LogP contribution is 2.43. The van der Waals surface area contributed by atoms with Crippen molar-refractivity contribution in [3.8, 4) is 0 Å². The van der Waals surface area contributed by atoms with Gasteiger partial charge < -0.3 is 35.4 Å². The van der Waals surface area contributed by atoms with E-state index in [2.05, 4.69) is 26.0 Å². The van der Waals surface area contributed by atoms with Gasteiger partial charge in [-0.25, -0.2) is 4.57 Å². The van der Waals surface area contributed by atoms with Crippen molar-refractivity contribution in [1.29, 1.82) is 0 Å². The minimum Gasteiger partial charge on any atom is -0.462 e. The van der Waals surface area contributed by atoms with E-state index >= 15 is 0 Å². The van der Waals surface area contributed by atoms with Crippen LogP contribution >= 0.6 is 7.82 Å². The lowest BCUT2D eigenvalue weighted by Gasteiger charge is -2.21. The van der Waals surface area contributed by atoms with Crippen molar-refractivity contribution in [2.45, 2.75) is 212 Å². The molecule has 340 valence electrons. The van der Waals surface area contributed by atoms with Crippen LogP contribution in [0, 0.1) is 11.8 Å². The molecule has 58 heavy (non-hydrogen) atoms. The molecule has 1 saturated carbocycles. The van der Waals surface area contributed by atoms with Crippen LogP contribution < -0.4 is 5.73 Å². The van der Waals surface area contributed by atoms with Gasteiger partial charge >= 0.3 is 19.8 Å². The minimum atomic E-state index is -4.43. The van der Waals surface area contributed by atoms with Crippen molar-refractivity contribution in [1.82, 2.24) is 0 Å². The van der Waals surface area contributed by atoms with Gasteiger partial charge in [0.25, 0.3) is 0 Å². The van der Waals surface area contributed by atoms with E-state index in [-0.39, 0.29) is 44.4 Å². The van der Waals surface area contributed by atoms with Gasteiger partial charge in [0.2, 0.25) is 0 Å². The molecular formula is C45H84NO11P. The van der Waals surface area contributed by atoms with E-state index in [0.717, 1.165) is 70.6 Å². The molecule has 7 atom stereocenters. The van der Waals surface area contributed by atoms with Crippen LogP contribution in [0.3, 0.4) is 0 Å². The first-order chi connectivity index (χ1) is 28.0. The number of aliphatic hydroxyl groups excluding tert-OH is 3. The van der Waals surface area contributed by atoms with E-state index in [9.17, 15) is 34.4 Å². The third kappa shape index (κ3) is 29.6. The Balaban J connectivity index is 2.34. The van der Waals surface area contributed by atoms with Crippen LogP contribution in [0.1, 0.15) is 187 Å². The Morgan fingerprint density at radius 2 is 1.28 bits per heavy atom. The van der Waals surface area contributed by atoms with Crippen molar-refractivity contribution in [2.75, 3.05) is 26.4 Å². The highest BCUT2D eigenvalue weighted by Gasteiger charge is 2.39. The number of unbranched alkanes of at least 4 members (excludes halogenated alkanes) is 18. The monoisotopic (exact) mass is 846 g/mol. The molecule has 0 saturated heterocycles. The van der Waals surface area contributed by atoms with Gasteiger partial charge in [-0.05, 0) is 57.3 Å². The maximum Gasteiger partial charge on any atom is 0.472 e. The Hall–Kier alpha value is -1.63. The molecule has 0 amide bonds. The molecule has 0 radical (unpaired) electrons. The number of phosphoric ester groups is 1. The molecular weight excluding hydrogens is 761 g/mol. The summed E-state index contributed by atoms with van der Waals surface area (Å²) in [5.74, 6) is -1.24. The normalized spacial score (nSPS) is 20.5. The number of ether oxygens (including phenoxy) is 2. The Morgan fingerprint density at radius 1 is 0.724 bits per heavy atom. The van der Waals surface area contributed by atoms with E-state index < -0.39 is 50.8 Å². The average Bonchev–Trinajstić information content (AvgIpc) is 3.47. The molecule has 1 aliphatic carbocycles. The fourth-order valence-corrected chi connectivity index (χ4v) is 8.20. The maximum absolute atomic E-state index is 12.6. The first-order valence-corrected chi connectivity index (χ1v) is 24.6. The van der Waals surface area contributed by atoms with Gasteiger partial charge in [0.1, 0.15) is 6.61 Å². The molecule has 6 N–H and O–H groups in total. The first kappa shape index (κ1) is 54.4. The number of carbonyl (C=O) groups is 2. The number of nitrogens with two attached hydrogens (primary N) is 1. The highest BCUT2D eigenvalue weighted by molar-refractivity contribution is 7.47. The zero-order valence-corrected chi connectivity index (χ0v) is 37.3. The number of carbonyl (C=O) groups excluding carboxylic acids is 2. The summed E-state index contributed by atoms with van der Waals surface area (Å²) >= 11 is 0. The Kier molecular flexibility index (Phi) is 33.8. The second-order valence-corrected chi connectivity index (χ2v) is 17.7. The lowest BCUT2D eigenvalue weighted by molar-refractivity contribution is -0.161. The topological polar surface area (TPSA) is 195 Å². The van der Waals surface area contributed by atoms with Gasteiger partial charge in [0, 0.05) is 31.7 Å². The molecule has 0 aromatic rings. The molecule has 1 aliphatic rings. The molecule has 1 unspecified atom stereocenters. The molecule has 1 fully saturated rings. The van der Waals surface area contributed by atoms with Crippen LogP contribution in [0.15, 0.2) is 24.3 Å². The summed E-state index contributed by atoms with van der Waals surface area (Å²) in [6.07, 6.45) is 31.3. The number of rotatable bonds is 39. The molecule has 13 heteroatoms. The summed E-state index contributed by atoms with van der Waals surface area (Å²) in [5.41, 5.74) is 5.35. The van der Waals surface area contributed by atoms with Gasteiger partial charge in [0.05, 0.1) is 31.5 Å². The summed E-state index contributed by atoms with van der Waals surface area (Å²) < 4.78 is 32.8. The zero-order chi connectivity index (χ0) is 42.7. The summed E-state index contributed by atoms with van der Waals surface area (Å²) in [5, 5.41) is 31.4. The van der Waals surface area contributed by atoms with Crippen LogP contribution in [-0.2, 0) is 32.7 Å². The Bertz CT molecular complexity index is 1120. The van der Waals surface area contributed by atoms with Crippen molar-refractivity contribution in [3.63, 3.8) is 0 Å². The van der Waals surface area contributed by atoms with Crippen LogP contribution in [0.2, 0.25) is 0 Å². The Morgan fingerprint density at radius 3 is 1.90 bits per heavy atom. The van der Waals surface area contributed by atoms with E-state index in [1.165, 1.54) is 64.2 Å². The number of hydrogen-bond acceptors (Lipinski definition) is 11. The average molecular weight is 846 g/mol. The molecule has 0 aromatic carbocycles. The Labute approximate surface area is 351 Å². The SMILES string of the molecule is CCCCCCCC/C=C\CCCCCCCCCC(=O)O[C@H](COC(=O)CCCCCC[C@@H]1[C@@H](/C=C/[C@@H](O)CCCCC)[C@H](O)C[C@@H]1O)COP(=O)(O)OCCN. The predicted octanol–water partition coefficient (Wildman–Crippen LogP) is 9.55. The number of phosphoric acid groups is 1. The van der Waals surface area contributed by atoms with Crippen molar-refractivity contribution in [3.05, 3.63) is 24.3 Å².